The van der Waals surface area contributed by atoms with Gasteiger partial charge in [-0.25, -0.2) is 0 Å². The minimum absolute atomic E-state index is 0. The van der Waals surface area contributed by atoms with E-state index in [1.54, 1.807) is 6.49 Å². The number of allylic oxidation sites excluding steroid dienone is 4. The third-order valence-corrected chi connectivity index (χ3v) is 17.8. The molecule has 242 valence electrons. The second-order valence-electron chi connectivity index (χ2n) is 12.5. The summed E-state index contributed by atoms with van der Waals surface area (Å²) >= 11 is -2.72. The van der Waals surface area contributed by atoms with E-state index in [2.05, 4.69) is 187 Å². The maximum atomic E-state index is 2.56. The minimum Gasteiger partial charge on any atom is -0.147 e. The van der Waals surface area contributed by atoms with Gasteiger partial charge in [0.2, 0.25) is 0 Å². The summed E-state index contributed by atoms with van der Waals surface area (Å²) in [6, 6.07) is 60.9. The molecule has 6 aromatic rings. The normalized spacial score (nSPS) is 13.7. The van der Waals surface area contributed by atoms with Gasteiger partial charge in [0.05, 0.1) is 0 Å². The van der Waals surface area contributed by atoms with Gasteiger partial charge in [0.1, 0.15) is 0 Å². The first-order valence-corrected chi connectivity index (χ1v) is 20.5. The maximum Gasteiger partial charge on any atom is -0.147 e. The van der Waals surface area contributed by atoms with Gasteiger partial charge in [0.15, 0.2) is 0 Å². The Morgan fingerprint density at radius 2 is 1.06 bits per heavy atom. The van der Waals surface area contributed by atoms with Crippen LogP contribution in [0.4, 0.5) is 5.69 Å². The monoisotopic (exact) mass is 753 g/mol. The first-order valence-electron chi connectivity index (χ1n) is 16.6. The molecule has 1 atom stereocenters. The van der Waals surface area contributed by atoms with Crippen molar-refractivity contribution in [3.63, 3.8) is 0 Å². The van der Waals surface area contributed by atoms with Gasteiger partial charge in [0.25, 0.3) is 0 Å². The van der Waals surface area contributed by atoms with Crippen molar-refractivity contribution in [2.24, 2.45) is 0 Å². The first-order chi connectivity index (χ1) is 23.3. The van der Waals surface area contributed by atoms with Crippen molar-refractivity contribution in [3.8, 4) is 11.1 Å². The Kier molecular flexibility index (Phi) is 11.4. The smallest absolute Gasteiger partial charge is 0.147 e. The van der Waals surface area contributed by atoms with Crippen LogP contribution in [-0.4, -0.2) is 3.21 Å². The van der Waals surface area contributed by atoms with Gasteiger partial charge in [-0.05, 0) is 0 Å². The van der Waals surface area contributed by atoms with Gasteiger partial charge in [-0.15, -0.1) is 24.8 Å². The van der Waals surface area contributed by atoms with Gasteiger partial charge >= 0.3 is 288 Å². The van der Waals surface area contributed by atoms with Crippen LogP contribution in [0.3, 0.4) is 0 Å². The van der Waals surface area contributed by atoms with E-state index in [0.717, 1.165) is 19.5 Å². The van der Waals surface area contributed by atoms with Crippen molar-refractivity contribution in [3.05, 3.63) is 219 Å². The third-order valence-electron chi connectivity index (χ3n) is 9.51. The SMILES string of the molecule is C1=CC[C]([Zr](=[C](c2ccccc2)c2ccccc2)[CH]2c3ccccc3-c3ccc(N(Cc4ccccc4)Cc4ccccc4)cc32)=C1.Cl.Cl. The van der Waals surface area contributed by atoms with Gasteiger partial charge < -0.3 is 0 Å². The molecule has 1 nitrogen and oxygen atoms in total. The Bertz CT molecular complexity index is 2020. The van der Waals surface area contributed by atoms with E-state index in [4.69, 9.17) is 0 Å². The molecule has 0 fully saturated rings. The van der Waals surface area contributed by atoms with E-state index in [-0.39, 0.29) is 24.8 Å². The predicted octanol–water partition coefficient (Wildman–Crippen LogP) is 11.5. The van der Waals surface area contributed by atoms with Crippen molar-refractivity contribution in [1.82, 2.24) is 0 Å². The summed E-state index contributed by atoms with van der Waals surface area (Å²) in [4.78, 5) is 2.56. The number of halogens is 2. The van der Waals surface area contributed by atoms with Gasteiger partial charge in [-0.2, -0.15) is 0 Å². The van der Waals surface area contributed by atoms with Crippen molar-refractivity contribution < 1.29 is 21.3 Å². The summed E-state index contributed by atoms with van der Waals surface area (Å²) in [5.41, 5.74) is 12.5. The average molecular weight is 756 g/mol. The molecule has 0 N–H and O–H groups in total. The number of benzene rings is 6. The molecule has 0 bridgehead atoms. The van der Waals surface area contributed by atoms with E-state index in [0.29, 0.717) is 3.63 Å². The molecule has 0 heterocycles. The second kappa shape index (κ2) is 16.1. The van der Waals surface area contributed by atoms with Crippen LogP contribution in [0.5, 0.6) is 0 Å². The number of rotatable bonds is 9. The zero-order chi connectivity index (χ0) is 31.4. The molecule has 2 aliphatic rings. The molecule has 2 aliphatic carbocycles. The molecular weight excluding hydrogens is 717 g/mol. The maximum absolute atomic E-state index is 2.72. The minimum atomic E-state index is -2.72. The molecule has 0 radical (unpaired) electrons. The first kappa shape index (κ1) is 34.8. The van der Waals surface area contributed by atoms with E-state index >= 15 is 0 Å². The number of fused-ring (bicyclic) bond motifs is 3. The Labute approximate surface area is 310 Å². The van der Waals surface area contributed by atoms with Crippen molar-refractivity contribution in [2.45, 2.75) is 23.1 Å². The van der Waals surface area contributed by atoms with Crippen LogP contribution < -0.4 is 4.90 Å². The van der Waals surface area contributed by atoms with E-state index < -0.39 is 21.3 Å². The van der Waals surface area contributed by atoms with Crippen LogP contribution in [-0.2, 0) is 34.4 Å². The molecule has 0 saturated heterocycles. The summed E-state index contributed by atoms with van der Waals surface area (Å²) < 4.78 is 3.63. The Morgan fingerprint density at radius 3 is 1.61 bits per heavy atom. The zero-order valence-corrected chi connectivity index (χ0v) is 31.4. The summed E-state index contributed by atoms with van der Waals surface area (Å²) in [5.74, 6) is 0. The largest absolute Gasteiger partial charge is 0.147 e. The molecule has 8 rings (SSSR count). The van der Waals surface area contributed by atoms with Crippen LogP contribution in [0, 0.1) is 0 Å². The molecule has 49 heavy (non-hydrogen) atoms. The van der Waals surface area contributed by atoms with E-state index in [1.807, 2.05) is 0 Å². The zero-order valence-electron chi connectivity index (χ0n) is 27.3. The van der Waals surface area contributed by atoms with Crippen molar-refractivity contribution >= 4 is 33.7 Å². The number of anilines is 1. The Hall–Kier alpha value is -4.07. The van der Waals surface area contributed by atoms with Crippen molar-refractivity contribution in [1.29, 1.82) is 0 Å². The average Bonchev–Trinajstić information content (AvgIpc) is 3.79. The Balaban J connectivity index is 0.00000208. The third kappa shape index (κ3) is 7.29. The number of nitrogens with zero attached hydrogens (tertiary/aromatic N) is 1. The second-order valence-corrected chi connectivity index (χ2v) is 18.7. The molecule has 6 aromatic carbocycles. The molecule has 4 heteroatoms. The van der Waals surface area contributed by atoms with E-state index in [1.165, 1.54) is 50.2 Å². The van der Waals surface area contributed by atoms with Crippen molar-refractivity contribution in [2.75, 3.05) is 4.90 Å². The van der Waals surface area contributed by atoms with Crippen LogP contribution in [0.25, 0.3) is 11.1 Å². The molecular formula is C45H39Cl2NZr. The summed E-state index contributed by atoms with van der Waals surface area (Å²) in [6.07, 6.45) is 8.17. The van der Waals surface area contributed by atoms with Crippen LogP contribution >= 0.6 is 24.8 Å². The fourth-order valence-electron chi connectivity index (χ4n) is 7.37. The fourth-order valence-corrected chi connectivity index (χ4v) is 16.4. The molecule has 0 aliphatic heterocycles. The van der Waals surface area contributed by atoms with Gasteiger partial charge in [0, 0.05) is 0 Å². The summed E-state index contributed by atoms with van der Waals surface area (Å²) in [6.45, 7) is 1.72. The molecule has 0 saturated carbocycles. The van der Waals surface area contributed by atoms with Gasteiger partial charge in [-0.1, -0.05) is 0 Å². The standard InChI is InChI=1S/C27H22N.C13H10.C5H5.2ClH.Zr/c1-3-9-21(10-4-1)19-28(20-22-11-5-2-6-12-22)25-15-16-27-24(18-25)17-23-13-7-8-14-26(23)27;1-3-7-12(8-4-1)11-13-9-5-2-6-10-13;1-2-4-5-3-1;;;/h1-18H,19-20H2;1-10H;1-3H,4H2;2*1H;. The molecule has 0 amide bonds. The molecule has 0 aromatic heterocycles. The van der Waals surface area contributed by atoms with E-state index in [9.17, 15) is 0 Å². The summed E-state index contributed by atoms with van der Waals surface area (Å²) in [5, 5.41) is 0. The molecule has 0 spiro atoms. The predicted molar refractivity (Wildman–Crippen MR) is 209 cm³/mol. The van der Waals surface area contributed by atoms with Crippen LogP contribution in [0.2, 0.25) is 0 Å². The summed E-state index contributed by atoms with van der Waals surface area (Å²) in [7, 11) is 0. The Morgan fingerprint density at radius 1 is 0.551 bits per heavy atom. The van der Waals surface area contributed by atoms with Crippen LogP contribution in [0.15, 0.2) is 185 Å². The fraction of sp³-hybridized carbons (Fsp3) is 0.0889. The number of hydrogen-bond donors (Lipinski definition) is 0. The topological polar surface area (TPSA) is 3.24 Å². The quantitative estimate of drug-likeness (QED) is 0.142. The van der Waals surface area contributed by atoms with Crippen LogP contribution in [0.1, 0.15) is 43.4 Å². The molecule has 1 unspecified atom stereocenters. The number of hydrogen-bond acceptors (Lipinski definition) is 1. The van der Waals surface area contributed by atoms with Gasteiger partial charge in [-0.3, -0.25) is 0 Å².